The van der Waals surface area contributed by atoms with Crippen molar-refractivity contribution in [2.75, 3.05) is 41.3 Å². The van der Waals surface area contributed by atoms with E-state index in [0.29, 0.717) is 0 Å². The molecule has 0 radical (unpaired) electrons. The zero-order valence-corrected chi connectivity index (χ0v) is 18.4. The van der Waals surface area contributed by atoms with Gasteiger partial charge in [-0.05, 0) is 20.3 Å². The maximum atomic E-state index is 2.42. The fourth-order valence-electron chi connectivity index (χ4n) is 3.96. The quantitative estimate of drug-likeness (QED) is 0.178. The molecule has 0 rings (SSSR count). The normalized spacial score (nSPS) is 13.0. The fourth-order valence-corrected chi connectivity index (χ4v) is 3.96. The van der Waals surface area contributed by atoms with Crippen LogP contribution in [0.1, 0.15) is 97.8 Å². The standard InChI is InChI=1S/C22H50N2/c1-8-11-12-13-14-15-16-17-18-19-20-21-22(23(4,5)9-2)24(6,7)10-3/h22H,8-21H2,1-7H3/q+2. The first-order chi connectivity index (χ1) is 11.3. The molecule has 2 nitrogen and oxygen atoms in total. The summed E-state index contributed by atoms with van der Waals surface area (Å²) >= 11 is 0. The molecule has 24 heavy (non-hydrogen) atoms. The van der Waals surface area contributed by atoms with E-state index in [1.807, 2.05) is 0 Å². The highest BCUT2D eigenvalue weighted by molar-refractivity contribution is 4.52. The van der Waals surface area contributed by atoms with Crippen LogP contribution in [0.15, 0.2) is 0 Å². The minimum Gasteiger partial charge on any atom is -0.280 e. The Balaban J connectivity index is 3.86. The van der Waals surface area contributed by atoms with Crippen molar-refractivity contribution in [2.45, 2.75) is 104 Å². The van der Waals surface area contributed by atoms with Crippen LogP contribution in [0.3, 0.4) is 0 Å². The molecule has 0 aromatic rings. The van der Waals surface area contributed by atoms with Gasteiger partial charge in [0.05, 0.1) is 47.7 Å². The molecule has 0 heterocycles. The molecule has 0 saturated heterocycles. The monoisotopic (exact) mass is 342 g/mol. The summed E-state index contributed by atoms with van der Waals surface area (Å²) in [6, 6.07) is 0. The number of unbranched alkanes of at least 4 members (excludes halogenated alkanes) is 10. The first-order valence-corrected chi connectivity index (χ1v) is 11.0. The van der Waals surface area contributed by atoms with Gasteiger partial charge in [-0.15, -0.1) is 0 Å². The number of hydrogen-bond donors (Lipinski definition) is 0. The molecule has 146 valence electrons. The zero-order valence-electron chi connectivity index (χ0n) is 18.4. The predicted octanol–water partition coefficient (Wildman–Crippen LogP) is 6.21. The van der Waals surface area contributed by atoms with E-state index in [-0.39, 0.29) is 0 Å². The highest BCUT2D eigenvalue weighted by Gasteiger charge is 2.38. The van der Waals surface area contributed by atoms with Gasteiger partial charge in [-0.2, -0.15) is 0 Å². The molecule has 0 fully saturated rings. The third-order valence-corrected chi connectivity index (χ3v) is 6.31. The summed E-state index contributed by atoms with van der Waals surface area (Å²) in [6.45, 7) is 9.42. The first kappa shape index (κ1) is 23.9. The highest BCUT2D eigenvalue weighted by Crippen LogP contribution is 2.23. The van der Waals surface area contributed by atoms with Crippen LogP contribution in [0, 0.1) is 0 Å². The van der Waals surface area contributed by atoms with Crippen molar-refractivity contribution >= 4 is 0 Å². The third-order valence-electron chi connectivity index (χ3n) is 6.31. The summed E-state index contributed by atoms with van der Waals surface area (Å²) in [7, 11) is 9.66. The van der Waals surface area contributed by atoms with Crippen LogP contribution < -0.4 is 0 Å². The van der Waals surface area contributed by atoms with Crippen LogP contribution in [0.4, 0.5) is 0 Å². The summed E-state index contributed by atoms with van der Waals surface area (Å²) in [5, 5.41) is 0. The van der Waals surface area contributed by atoms with Gasteiger partial charge < -0.3 is 0 Å². The molecule has 0 aliphatic rings. The van der Waals surface area contributed by atoms with Gasteiger partial charge in [-0.1, -0.05) is 71.1 Å². The second kappa shape index (κ2) is 13.2. The minimum atomic E-state index is 0.735. The topological polar surface area (TPSA) is 0 Å². The fraction of sp³-hybridized carbons (Fsp3) is 1.00. The van der Waals surface area contributed by atoms with Crippen LogP contribution in [0.2, 0.25) is 0 Å². The lowest BCUT2D eigenvalue weighted by molar-refractivity contribution is -1.10. The molecular formula is C22H50N2+2. The Hall–Kier alpha value is -0.0800. The Bertz CT molecular complexity index is 268. The van der Waals surface area contributed by atoms with Crippen molar-refractivity contribution in [2.24, 2.45) is 0 Å². The summed E-state index contributed by atoms with van der Waals surface area (Å²) in [5.74, 6) is 0. The largest absolute Gasteiger partial charge is 0.280 e. The van der Waals surface area contributed by atoms with E-state index in [1.54, 1.807) is 0 Å². The molecule has 0 atom stereocenters. The van der Waals surface area contributed by atoms with E-state index >= 15 is 0 Å². The molecule has 0 bridgehead atoms. The van der Waals surface area contributed by atoms with E-state index in [9.17, 15) is 0 Å². The first-order valence-electron chi connectivity index (χ1n) is 11.0. The summed E-state index contributed by atoms with van der Waals surface area (Å²) < 4.78 is 2.30. The maximum Gasteiger partial charge on any atom is 0.215 e. The van der Waals surface area contributed by atoms with E-state index in [0.717, 1.165) is 15.1 Å². The van der Waals surface area contributed by atoms with Gasteiger partial charge >= 0.3 is 0 Å². The van der Waals surface area contributed by atoms with E-state index < -0.39 is 0 Å². The number of rotatable bonds is 16. The third kappa shape index (κ3) is 10.0. The molecule has 0 aliphatic heterocycles. The minimum absolute atomic E-state index is 0.735. The van der Waals surface area contributed by atoms with Crippen LogP contribution in [0.5, 0.6) is 0 Å². The molecule has 2 heteroatoms. The summed E-state index contributed by atoms with van der Waals surface area (Å²) in [4.78, 5) is 0. The summed E-state index contributed by atoms with van der Waals surface area (Å²) in [5.41, 5.74) is 0. The van der Waals surface area contributed by atoms with Gasteiger partial charge in [0.15, 0.2) is 0 Å². The SMILES string of the molecule is CCCCCCCCCCCCCC([N+](C)(C)CC)[N+](C)(C)CC. The molecule has 0 amide bonds. The number of hydrogen-bond acceptors (Lipinski definition) is 0. The molecule has 0 aliphatic carbocycles. The lowest BCUT2D eigenvalue weighted by Gasteiger charge is -2.46. The lowest BCUT2D eigenvalue weighted by Crippen LogP contribution is -2.64. The number of quaternary nitrogens is 2. The molecule has 0 N–H and O–H groups in total. The highest BCUT2D eigenvalue weighted by atomic mass is 15.5. The second-order valence-electron chi connectivity index (χ2n) is 8.99. The van der Waals surface area contributed by atoms with Gasteiger partial charge in [0.25, 0.3) is 0 Å². The van der Waals surface area contributed by atoms with Crippen molar-refractivity contribution < 1.29 is 8.97 Å². The van der Waals surface area contributed by atoms with Crippen molar-refractivity contribution in [1.82, 2.24) is 0 Å². The Labute approximate surface area is 154 Å². The molecular weight excluding hydrogens is 292 g/mol. The molecule has 0 aromatic carbocycles. The molecule has 0 spiro atoms. The van der Waals surface area contributed by atoms with E-state index in [1.165, 1.54) is 90.1 Å². The van der Waals surface area contributed by atoms with Crippen molar-refractivity contribution in [3.05, 3.63) is 0 Å². The van der Waals surface area contributed by atoms with Gasteiger partial charge in [0.1, 0.15) is 0 Å². The zero-order chi connectivity index (χ0) is 18.5. The Morgan fingerprint density at radius 1 is 0.500 bits per heavy atom. The predicted molar refractivity (Wildman–Crippen MR) is 110 cm³/mol. The van der Waals surface area contributed by atoms with Crippen LogP contribution in [-0.4, -0.2) is 56.4 Å². The van der Waals surface area contributed by atoms with E-state index in [4.69, 9.17) is 0 Å². The van der Waals surface area contributed by atoms with Crippen LogP contribution >= 0.6 is 0 Å². The van der Waals surface area contributed by atoms with Gasteiger partial charge in [0.2, 0.25) is 6.17 Å². The Morgan fingerprint density at radius 2 is 0.833 bits per heavy atom. The summed E-state index contributed by atoms with van der Waals surface area (Å²) in [6.07, 6.45) is 17.9. The van der Waals surface area contributed by atoms with Gasteiger partial charge in [0, 0.05) is 0 Å². The van der Waals surface area contributed by atoms with Crippen molar-refractivity contribution in [1.29, 1.82) is 0 Å². The number of nitrogens with zero attached hydrogens (tertiary/aromatic N) is 2. The lowest BCUT2D eigenvalue weighted by atomic mass is 10.0. The van der Waals surface area contributed by atoms with Crippen LogP contribution in [-0.2, 0) is 0 Å². The second-order valence-corrected chi connectivity index (χ2v) is 8.99. The Morgan fingerprint density at radius 3 is 1.17 bits per heavy atom. The smallest absolute Gasteiger partial charge is 0.215 e. The average Bonchev–Trinajstić information content (AvgIpc) is 2.55. The van der Waals surface area contributed by atoms with Gasteiger partial charge in [-0.25, -0.2) is 0 Å². The van der Waals surface area contributed by atoms with Crippen LogP contribution in [0.25, 0.3) is 0 Å². The van der Waals surface area contributed by atoms with Crippen molar-refractivity contribution in [3.63, 3.8) is 0 Å². The van der Waals surface area contributed by atoms with Crippen molar-refractivity contribution in [3.8, 4) is 0 Å². The van der Waals surface area contributed by atoms with E-state index in [2.05, 4.69) is 49.0 Å². The molecule has 0 unspecified atom stereocenters. The maximum absolute atomic E-state index is 2.42. The Kier molecular flexibility index (Phi) is 13.1. The molecule has 0 saturated carbocycles. The molecule has 0 aromatic heterocycles. The average molecular weight is 343 g/mol. The van der Waals surface area contributed by atoms with Gasteiger partial charge in [-0.3, -0.25) is 8.97 Å².